The molecule has 2 aromatic rings. The van der Waals surface area contributed by atoms with E-state index in [-0.39, 0.29) is 11.9 Å². The minimum absolute atomic E-state index is 0.234. The van der Waals surface area contributed by atoms with Crippen molar-refractivity contribution in [3.05, 3.63) is 48.0 Å². The minimum Gasteiger partial charge on any atom is -0.326 e. The summed E-state index contributed by atoms with van der Waals surface area (Å²) in [6.45, 7) is 4.92. The molecule has 0 radical (unpaired) electrons. The van der Waals surface area contributed by atoms with Gasteiger partial charge in [-0.1, -0.05) is 6.92 Å². The van der Waals surface area contributed by atoms with Crippen LogP contribution in [0.25, 0.3) is 5.69 Å². The first-order valence-electron chi connectivity index (χ1n) is 6.90. The molecule has 0 saturated carbocycles. The fourth-order valence-electron chi connectivity index (χ4n) is 2.72. The summed E-state index contributed by atoms with van der Waals surface area (Å²) in [7, 11) is 0. The van der Waals surface area contributed by atoms with Crippen molar-refractivity contribution in [3.8, 4) is 5.69 Å². The zero-order chi connectivity index (χ0) is 14.1. The van der Waals surface area contributed by atoms with Crippen molar-refractivity contribution in [2.75, 3.05) is 13.1 Å². The third-order valence-corrected chi connectivity index (χ3v) is 3.92. The standard InChI is InChI=1S/C15H19FN4/c1-11-8-19(10-15(11)17)9-14-6-7-18-20(14)13-4-2-12(16)3-5-13/h2-7,11,15H,8-10,17H2,1H3. The average molecular weight is 274 g/mol. The molecule has 5 heteroatoms. The number of halogens is 1. The molecule has 1 aliphatic rings. The lowest BCUT2D eigenvalue weighted by molar-refractivity contribution is 0.312. The van der Waals surface area contributed by atoms with Crippen molar-refractivity contribution >= 4 is 0 Å². The Morgan fingerprint density at radius 1 is 1.25 bits per heavy atom. The van der Waals surface area contributed by atoms with Crippen molar-refractivity contribution < 1.29 is 4.39 Å². The highest BCUT2D eigenvalue weighted by Crippen LogP contribution is 2.19. The van der Waals surface area contributed by atoms with Gasteiger partial charge in [0.25, 0.3) is 0 Å². The van der Waals surface area contributed by atoms with Crippen LogP contribution in [0, 0.1) is 11.7 Å². The third-order valence-electron chi connectivity index (χ3n) is 3.92. The second-order valence-corrected chi connectivity index (χ2v) is 5.55. The number of nitrogens with two attached hydrogens (primary N) is 1. The number of benzene rings is 1. The van der Waals surface area contributed by atoms with Crippen LogP contribution in [-0.2, 0) is 6.54 Å². The summed E-state index contributed by atoms with van der Waals surface area (Å²) < 4.78 is 14.8. The highest BCUT2D eigenvalue weighted by molar-refractivity contribution is 5.32. The summed E-state index contributed by atoms with van der Waals surface area (Å²) in [5.74, 6) is 0.291. The van der Waals surface area contributed by atoms with Crippen LogP contribution in [0.1, 0.15) is 12.6 Å². The number of likely N-dealkylation sites (tertiary alicyclic amines) is 1. The molecule has 20 heavy (non-hydrogen) atoms. The van der Waals surface area contributed by atoms with Gasteiger partial charge in [0.05, 0.1) is 11.4 Å². The van der Waals surface area contributed by atoms with Crippen LogP contribution in [0.4, 0.5) is 4.39 Å². The molecule has 0 bridgehead atoms. The van der Waals surface area contributed by atoms with E-state index in [4.69, 9.17) is 5.73 Å². The fourth-order valence-corrected chi connectivity index (χ4v) is 2.72. The Kier molecular flexibility index (Phi) is 3.54. The molecule has 2 N–H and O–H groups in total. The Morgan fingerprint density at radius 2 is 2.00 bits per heavy atom. The summed E-state index contributed by atoms with van der Waals surface area (Å²) >= 11 is 0. The van der Waals surface area contributed by atoms with E-state index in [0.29, 0.717) is 5.92 Å². The molecule has 4 nitrogen and oxygen atoms in total. The summed E-state index contributed by atoms with van der Waals surface area (Å²) in [6, 6.07) is 8.63. The highest BCUT2D eigenvalue weighted by Gasteiger charge is 2.27. The molecule has 3 rings (SSSR count). The van der Waals surface area contributed by atoms with Gasteiger partial charge in [0, 0.05) is 31.9 Å². The Labute approximate surface area is 118 Å². The van der Waals surface area contributed by atoms with Crippen molar-refractivity contribution in [3.63, 3.8) is 0 Å². The predicted molar refractivity (Wildman–Crippen MR) is 75.9 cm³/mol. The zero-order valence-corrected chi connectivity index (χ0v) is 11.5. The van der Waals surface area contributed by atoms with Crippen LogP contribution < -0.4 is 5.73 Å². The van der Waals surface area contributed by atoms with Crippen LogP contribution in [0.5, 0.6) is 0 Å². The lowest BCUT2D eigenvalue weighted by Crippen LogP contribution is -2.28. The molecule has 1 fully saturated rings. The number of aromatic nitrogens is 2. The molecular formula is C15H19FN4. The lowest BCUT2D eigenvalue weighted by atomic mass is 10.1. The van der Waals surface area contributed by atoms with E-state index in [1.807, 2.05) is 10.7 Å². The van der Waals surface area contributed by atoms with Gasteiger partial charge in [-0.15, -0.1) is 0 Å². The lowest BCUT2D eigenvalue weighted by Gasteiger charge is -2.16. The van der Waals surface area contributed by atoms with Gasteiger partial charge in [0.1, 0.15) is 5.82 Å². The molecule has 2 atom stereocenters. The summed E-state index contributed by atoms with van der Waals surface area (Å²) in [4.78, 5) is 2.34. The highest BCUT2D eigenvalue weighted by atomic mass is 19.1. The van der Waals surface area contributed by atoms with E-state index in [1.54, 1.807) is 18.3 Å². The number of rotatable bonds is 3. The topological polar surface area (TPSA) is 47.1 Å². The van der Waals surface area contributed by atoms with Crippen molar-refractivity contribution in [1.82, 2.24) is 14.7 Å². The Hall–Kier alpha value is -1.72. The van der Waals surface area contributed by atoms with Gasteiger partial charge >= 0.3 is 0 Å². The minimum atomic E-state index is -0.234. The maximum absolute atomic E-state index is 13.0. The van der Waals surface area contributed by atoms with Gasteiger partial charge in [-0.3, -0.25) is 4.90 Å². The molecule has 0 aliphatic carbocycles. The summed E-state index contributed by atoms with van der Waals surface area (Å²) in [6.07, 6.45) is 1.78. The molecule has 0 spiro atoms. The van der Waals surface area contributed by atoms with Crippen LogP contribution >= 0.6 is 0 Å². The van der Waals surface area contributed by atoms with Gasteiger partial charge in [0.2, 0.25) is 0 Å². The smallest absolute Gasteiger partial charge is 0.123 e. The van der Waals surface area contributed by atoms with Crippen LogP contribution in [0.15, 0.2) is 36.5 Å². The van der Waals surface area contributed by atoms with Crippen LogP contribution in [0.3, 0.4) is 0 Å². The largest absolute Gasteiger partial charge is 0.326 e. The molecule has 1 aromatic carbocycles. The molecule has 1 saturated heterocycles. The monoisotopic (exact) mass is 274 g/mol. The van der Waals surface area contributed by atoms with E-state index in [1.165, 1.54) is 12.1 Å². The Bertz CT molecular complexity index is 568. The maximum Gasteiger partial charge on any atom is 0.123 e. The second kappa shape index (κ2) is 5.34. The van der Waals surface area contributed by atoms with Crippen molar-refractivity contribution in [2.24, 2.45) is 11.7 Å². The summed E-state index contributed by atoms with van der Waals surface area (Å²) in [5.41, 5.74) is 8.03. The Morgan fingerprint density at radius 3 is 2.65 bits per heavy atom. The van der Waals surface area contributed by atoms with E-state index in [0.717, 1.165) is 31.0 Å². The van der Waals surface area contributed by atoms with Crippen LogP contribution in [0.2, 0.25) is 0 Å². The van der Waals surface area contributed by atoms with Gasteiger partial charge in [-0.2, -0.15) is 5.10 Å². The van der Waals surface area contributed by atoms with Crippen molar-refractivity contribution in [1.29, 1.82) is 0 Å². The third kappa shape index (κ3) is 2.59. The SMILES string of the molecule is CC1CN(Cc2ccnn2-c2ccc(F)cc2)CC1N. The van der Waals surface area contributed by atoms with Gasteiger partial charge in [-0.25, -0.2) is 9.07 Å². The number of hydrogen-bond donors (Lipinski definition) is 1. The normalized spacial score (nSPS) is 23.4. The van der Waals surface area contributed by atoms with Crippen molar-refractivity contribution in [2.45, 2.75) is 19.5 Å². The van der Waals surface area contributed by atoms with Gasteiger partial charge < -0.3 is 5.73 Å². The van der Waals surface area contributed by atoms with Gasteiger partial charge in [0.15, 0.2) is 0 Å². The Balaban J connectivity index is 1.79. The molecular weight excluding hydrogens is 255 g/mol. The van der Waals surface area contributed by atoms with E-state index >= 15 is 0 Å². The summed E-state index contributed by atoms with van der Waals surface area (Å²) in [5, 5.41) is 4.33. The maximum atomic E-state index is 13.0. The van der Waals surface area contributed by atoms with E-state index in [9.17, 15) is 4.39 Å². The fraction of sp³-hybridized carbons (Fsp3) is 0.400. The number of hydrogen-bond acceptors (Lipinski definition) is 3. The average Bonchev–Trinajstić information content (AvgIpc) is 2.99. The van der Waals surface area contributed by atoms with Gasteiger partial charge in [-0.05, 0) is 36.2 Å². The second-order valence-electron chi connectivity index (χ2n) is 5.55. The predicted octanol–water partition coefficient (Wildman–Crippen LogP) is 1.79. The van der Waals surface area contributed by atoms with E-state index < -0.39 is 0 Å². The first kappa shape index (κ1) is 13.3. The quantitative estimate of drug-likeness (QED) is 0.928. The first-order chi connectivity index (χ1) is 9.63. The molecule has 1 aromatic heterocycles. The molecule has 0 amide bonds. The molecule has 1 aliphatic heterocycles. The number of nitrogens with zero attached hydrogens (tertiary/aromatic N) is 3. The molecule has 106 valence electrons. The zero-order valence-electron chi connectivity index (χ0n) is 11.5. The van der Waals surface area contributed by atoms with Crippen LogP contribution in [-0.4, -0.2) is 33.8 Å². The van der Waals surface area contributed by atoms with E-state index in [2.05, 4.69) is 16.9 Å². The first-order valence-corrected chi connectivity index (χ1v) is 6.90. The molecule has 2 unspecified atom stereocenters. The molecule has 2 heterocycles.